The second-order valence-electron chi connectivity index (χ2n) is 5.15. The van der Waals surface area contributed by atoms with E-state index in [2.05, 4.69) is 27.6 Å². The first-order valence-corrected chi connectivity index (χ1v) is 7.12. The molecule has 1 fully saturated rings. The van der Waals surface area contributed by atoms with Crippen LogP contribution in [0.5, 0.6) is 0 Å². The molecule has 1 atom stereocenters. The zero-order valence-corrected chi connectivity index (χ0v) is 12.0. The lowest BCUT2D eigenvalue weighted by Crippen LogP contribution is -2.39. The van der Waals surface area contributed by atoms with Gasteiger partial charge in [-0.15, -0.1) is 0 Å². The lowest BCUT2D eigenvalue weighted by Gasteiger charge is -2.25. The van der Waals surface area contributed by atoms with Crippen molar-refractivity contribution in [2.75, 3.05) is 6.54 Å². The van der Waals surface area contributed by atoms with Gasteiger partial charge in [-0.05, 0) is 18.4 Å². The third-order valence-corrected chi connectivity index (χ3v) is 3.67. The number of aromatic nitrogens is 2. The lowest BCUT2D eigenvalue weighted by molar-refractivity contribution is 0.192. The maximum absolute atomic E-state index is 12.3. The first-order valence-electron chi connectivity index (χ1n) is 7.12. The maximum Gasteiger partial charge on any atom is 0.318 e. The van der Waals surface area contributed by atoms with Crippen molar-refractivity contribution in [3.8, 4) is 0 Å². The van der Waals surface area contributed by atoms with Gasteiger partial charge in [0.25, 0.3) is 0 Å². The average molecular weight is 286 g/mol. The summed E-state index contributed by atoms with van der Waals surface area (Å²) in [6.45, 7) is 2.79. The topological polar surface area (TPSA) is 71.3 Å². The number of nitrogens with zero attached hydrogens (tertiary/aromatic N) is 3. The minimum absolute atomic E-state index is 0.0798. The van der Waals surface area contributed by atoms with Crippen LogP contribution >= 0.6 is 0 Å². The Morgan fingerprint density at radius 3 is 2.95 bits per heavy atom. The Labute approximate surface area is 123 Å². The molecule has 2 aromatic rings. The van der Waals surface area contributed by atoms with Gasteiger partial charge in [0.2, 0.25) is 5.89 Å². The highest BCUT2D eigenvalue weighted by Gasteiger charge is 2.29. The highest BCUT2D eigenvalue weighted by Crippen LogP contribution is 2.31. The first-order chi connectivity index (χ1) is 10.2. The summed E-state index contributed by atoms with van der Waals surface area (Å²) in [5.41, 5.74) is 1.18. The molecule has 1 unspecified atom stereocenters. The Hall–Kier alpha value is -2.37. The summed E-state index contributed by atoms with van der Waals surface area (Å²) in [6, 6.07) is 10.2. The van der Waals surface area contributed by atoms with E-state index in [1.807, 2.05) is 23.1 Å². The summed E-state index contributed by atoms with van der Waals surface area (Å²) < 4.78 is 4.89. The van der Waals surface area contributed by atoms with Gasteiger partial charge < -0.3 is 14.7 Å². The summed E-state index contributed by atoms with van der Waals surface area (Å²) in [5, 5.41) is 6.63. The number of amides is 2. The summed E-state index contributed by atoms with van der Waals surface area (Å²) in [7, 11) is 0. The lowest BCUT2D eigenvalue weighted by atomic mass is 10.1. The molecule has 110 valence electrons. The van der Waals surface area contributed by atoms with Gasteiger partial charge in [-0.3, -0.25) is 0 Å². The Morgan fingerprint density at radius 2 is 2.24 bits per heavy atom. The fourth-order valence-corrected chi connectivity index (χ4v) is 2.70. The number of hydrogen-bond acceptors (Lipinski definition) is 4. The van der Waals surface area contributed by atoms with Gasteiger partial charge in [0.15, 0.2) is 5.82 Å². The van der Waals surface area contributed by atoms with Gasteiger partial charge in [-0.1, -0.05) is 35.5 Å². The largest absolute Gasteiger partial charge is 0.340 e. The molecule has 0 aliphatic carbocycles. The Morgan fingerprint density at radius 1 is 1.43 bits per heavy atom. The van der Waals surface area contributed by atoms with E-state index in [1.54, 1.807) is 6.92 Å². The number of likely N-dealkylation sites (tertiary alicyclic amines) is 1. The predicted molar refractivity (Wildman–Crippen MR) is 76.4 cm³/mol. The maximum atomic E-state index is 12.3. The second kappa shape index (κ2) is 5.95. The molecule has 6 heteroatoms. The Bertz CT molecular complexity index is 611. The van der Waals surface area contributed by atoms with Crippen molar-refractivity contribution in [3.05, 3.63) is 47.6 Å². The Kier molecular flexibility index (Phi) is 3.85. The second-order valence-corrected chi connectivity index (χ2v) is 5.15. The van der Waals surface area contributed by atoms with Crippen LogP contribution in [0.3, 0.4) is 0 Å². The van der Waals surface area contributed by atoms with Gasteiger partial charge in [-0.25, -0.2) is 4.79 Å². The zero-order valence-electron chi connectivity index (χ0n) is 12.0. The molecule has 2 heterocycles. The number of urea groups is 1. The van der Waals surface area contributed by atoms with Crippen molar-refractivity contribution in [2.45, 2.75) is 32.4 Å². The summed E-state index contributed by atoms with van der Waals surface area (Å²) in [4.78, 5) is 18.3. The summed E-state index contributed by atoms with van der Waals surface area (Å²) >= 11 is 0. The van der Waals surface area contributed by atoms with Crippen LogP contribution in [0.25, 0.3) is 0 Å². The number of carbonyl (C=O) groups is 1. The van der Waals surface area contributed by atoms with Crippen molar-refractivity contribution in [3.63, 3.8) is 0 Å². The van der Waals surface area contributed by atoms with Crippen molar-refractivity contribution in [1.29, 1.82) is 0 Å². The van der Waals surface area contributed by atoms with Gasteiger partial charge >= 0.3 is 6.03 Å². The van der Waals surface area contributed by atoms with Crippen molar-refractivity contribution in [1.82, 2.24) is 20.4 Å². The molecule has 6 nitrogen and oxygen atoms in total. The molecule has 21 heavy (non-hydrogen) atoms. The van der Waals surface area contributed by atoms with E-state index in [0.29, 0.717) is 11.7 Å². The molecule has 1 aliphatic rings. The quantitative estimate of drug-likeness (QED) is 0.940. The SMILES string of the molecule is Cc1nc(CNC(=O)N2CCCC2c2ccccc2)no1. The standard InChI is InChI=1S/C15H18N4O2/c1-11-17-14(18-21-11)10-16-15(20)19-9-5-8-13(19)12-6-3-2-4-7-12/h2-4,6-7,13H,5,8-10H2,1H3,(H,16,20). The van der Waals surface area contributed by atoms with Crippen molar-refractivity contribution < 1.29 is 9.32 Å². The zero-order chi connectivity index (χ0) is 14.7. The number of nitrogens with one attached hydrogen (secondary N) is 1. The molecule has 0 bridgehead atoms. The van der Waals surface area contributed by atoms with Crippen LogP contribution in [0.4, 0.5) is 4.79 Å². The van der Waals surface area contributed by atoms with E-state index < -0.39 is 0 Å². The molecule has 2 amide bonds. The molecule has 0 saturated carbocycles. The van der Waals surface area contributed by atoms with Gasteiger partial charge in [-0.2, -0.15) is 4.98 Å². The molecule has 0 spiro atoms. The molecule has 1 aliphatic heterocycles. The van der Waals surface area contributed by atoms with E-state index >= 15 is 0 Å². The van der Waals surface area contributed by atoms with E-state index in [0.717, 1.165) is 19.4 Å². The molecular weight excluding hydrogens is 268 g/mol. The first kappa shape index (κ1) is 13.6. The van der Waals surface area contributed by atoms with Crippen molar-refractivity contribution in [2.24, 2.45) is 0 Å². The minimum Gasteiger partial charge on any atom is -0.340 e. The average Bonchev–Trinajstić information content (AvgIpc) is 3.14. The molecular formula is C15H18N4O2. The van der Waals surface area contributed by atoms with E-state index in [4.69, 9.17) is 4.52 Å². The van der Waals surface area contributed by atoms with Crippen LogP contribution in [0.2, 0.25) is 0 Å². The molecule has 1 saturated heterocycles. The van der Waals surface area contributed by atoms with Crippen LogP contribution < -0.4 is 5.32 Å². The highest BCUT2D eigenvalue weighted by molar-refractivity contribution is 5.75. The van der Waals surface area contributed by atoms with Gasteiger partial charge in [0.05, 0.1) is 12.6 Å². The van der Waals surface area contributed by atoms with Gasteiger partial charge in [0, 0.05) is 13.5 Å². The third-order valence-electron chi connectivity index (χ3n) is 3.67. The monoisotopic (exact) mass is 286 g/mol. The molecule has 1 aromatic carbocycles. The molecule has 1 aromatic heterocycles. The third kappa shape index (κ3) is 3.04. The molecule has 1 N–H and O–H groups in total. The van der Waals surface area contributed by atoms with E-state index in [-0.39, 0.29) is 18.6 Å². The number of carbonyl (C=O) groups excluding carboxylic acids is 1. The Balaban J connectivity index is 1.63. The fraction of sp³-hybridized carbons (Fsp3) is 0.400. The molecule has 3 rings (SSSR count). The number of hydrogen-bond donors (Lipinski definition) is 1. The molecule has 0 radical (unpaired) electrons. The number of rotatable bonds is 3. The van der Waals surface area contributed by atoms with E-state index in [9.17, 15) is 4.79 Å². The van der Waals surface area contributed by atoms with Crippen LogP contribution in [-0.2, 0) is 6.54 Å². The van der Waals surface area contributed by atoms with Crippen LogP contribution in [-0.4, -0.2) is 27.6 Å². The number of aryl methyl sites for hydroxylation is 1. The number of benzene rings is 1. The minimum atomic E-state index is -0.0798. The highest BCUT2D eigenvalue weighted by atomic mass is 16.5. The summed E-state index contributed by atoms with van der Waals surface area (Å²) in [6.07, 6.45) is 2.02. The van der Waals surface area contributed by atoms with Crippen LogP contribution in [0.15, 0.2) is 34.9 Å². The van der Waals surface area contributed by atoms with Gasteiger partial charge in [0.1, 0.15) is 0 Å². The normalized spacial score (nSPS) is 18.0. The predicted octanol–water partition coefficient (Wildman–Crippen LogP) is 2.42. The van der Waals surface area contributed by atoms with Crippen LogP contribution in [0.1, 0.15) is 36.2 Å². The van der Waals surface area contributed by atoms with Crippen LogP contribution in [0, 0.1) is 6.92 Å². The van der Waals surface area contributed by atoms with Crippen molar-refractivity contribution >= 4 is 6.03 Å². The van der Waals surface area contributed by atoms with E-state index in [1.165, 1.54) is 5.56 Å². The smallest absolute Gasteiger partial charge is 0.318 e. The fourth-order valence-electron chi connectivity index (χ4n) is 2.70. The summed E-state index contributed by atoms with van der Waals surface area (Å²) in [5.74, 6) is 0.999.